The van der Waals surface area contributed by atoms with Crippen LogP contribution in [0.15, 0.2) is 35.2 Å². The molecule has 3 rings (SSSR count). The zero-order valence-corrected chi connectivity index (χ0v) is 14.1. The van der Waals surface area contributed by atoms with Crippen LogP contribution in [0.4, 0.5) is 5.69 Å². The second-order valence-electron chi connectivity index (χ2n) is 6.26. The summed E-state index contributed by atoms with van der Waals surface area (Å²) in [5, 5.41) is 14.6. The number of hydrogen-bond donors (Lipinski definition) is 0. The molecule has 1 aliphatic rings. The summed E-state index contributed by atoms with van der Waals surface area (Å²) in [4.78, 5) is 26.9. The van der Waals surface area contributed by atoms with Crippen LogP contribution in [0.2, 0.25) is 0 Å². The van der Waals surface area contributed by atoms with Crippen LogP contribution in [0.1, 0.15) is 12.7 Å². The molecule has 1 aliphatic heterocycles. The second-order valence-corrected chi connectivity index (χ2v) is 6.26. The molecule has 0 aromatic carbocycles. The van der Waals surface area contributed by atoms with Gasteiger partial charge >= 0.3 is 5.69 Å². The van der Waals surface area contributed by atoms with E-state index in [1.54, 1.807) is 6.26 Å². The van der Waals surface area contributed by atoms with Crippen molar-refractivity contribution < 1.29 is 14.1 Å². The molecule has 0 spiro atoms. The Morgan fingerprint density at radius 3 is 2.76 bits per heavy atom. The minimum Gasteiger partial charge on any atom is -0.468 e. The third-order valence-corrected chi connectivity index (χ3v) is 4.36. The number of nitro groups is 1. The summed E-state index contributed by atoms with van der Waals surface area (Å²) < 4.78 is 6.81. The molecule has 9 nitrogen and oxygen atoms in total. The fraction of sp³-hybridized carbons (Fsp3) is 0.500. The van der Waals surface area contributed by atoms with Crippen LogP contribution in [-0.4, -0.2) is 56.6 Å². The number of aromatic nitrogens is 2. The predicted octanol–water partition coefficient (Wildman–Crippen LogP) is 1.36. The number of nitrogens with zero attached hydrogens (tertiary/aromatic N) is 5. The number of carbonyl (C=O) groups is 1. The lowest BCUT2D eigenvalue weighted by Crippen LogP contribution is -2.50. The van der Waals surface area contributed by atoms with Gasteiger partial charge in [0, 0.05) is 26.2 Å². The van der Waals surface area contributed by atoms with E-state index >= 15 is 0 Å². The van der Waals surface area contributed by atoms with Crippen LogP contribution in [0.3, 0.4) is 0 Å². The van der Waals surface area contributed by atoms with Gasteiger partial charge in [0.05, 0.1) is 30.2 Å². The van der Waals surface area contributed by atoms with E-state index in [1.165, 1.54) is 17.1 Å². The van der Waals surface area contributed by atoms with Crippen molar-refractivity contribution in [1.82, 2.24) is 19.6 Å². The second kappa shape index (κ2) is 7.47. The number of piperazine rings is 1. The lowest BCUT2D eigenvalue weighted by atomic mass is 10.1. The molecule has 0 bridgehead atoms. The Hall–Kier alpha value is -2.68. The first-order chi connectivity index (χ1) is 12.0. The van der Waals surface area contributed by atoms with Crippen molar-refractivity contribution in [1.29, 1.82) is 0 Å². The fourth-order valence-corrected chi connectivity index (χ4v) is 2.97. The van der Waals surface area contributed by atoms with Crippen LogP contribution >= 0.6 is 0 Å². The van der Waals surface area contributed by atoms with Crippen molar-refractivity contribution in [2.24, 2.45) is 5.92 Å². The first kappa shape index (κ1) is 17.2. The van der Waals surface area contributed by atoms with Crippen molar-refractivity contribution in [2.45, 2.75) is 20.0 Å². The summed E-state index contributed by atoms with van der Waals surface area (Å²) in [5.74, 6) is 0.695. The van der Waals surface area contributed by atoms with Crippen LogP contribution < -0.4 is 0 Å². The number of rotatable bonds is 6. The molecule has 0 saturated carbocycles. The van der Waals surface area contributed by atoms with Crippen molar-refractivity contribution in [3.05, 3.63) is 46.7 Å². The van der Waals surface area contributed by atoms with Gasteiger partial charge in [-0.15, -0.1) is 0 Å². The van der Waals surface area contributed by atoms with Gasteiger partial charge in [-0.3, -0.25) is 24.5 Å². The third kappa shape index (κ3) is 4.24. The zero-order chi connectivity index (χ0) is 17.8. The van der Waals surface area contributed by atoms with Crippen molar-refractivity contribution in [3.8, 4) is 0 Å². The maximum absolute atomic E-state index is 12.6. The topological polar surface area (TPSA) is 97.6 Å². The smallest absolute Gasteiger partial charge is 0.306 e. The minimum atomic E-state index is -0.492. The molecule has 1 unspecified atom stereocenters. The first-order valence-electron chi connectivity index (χ1n) is 8.23. The Morgan fingerprint density at radius 1 is 1.40 bits per heavy atom. The summed E-state index contributed by atoms with van der Waals surface area (Å²) in [6.45, 7) is 5.84. The summed E-state index contributed by atoms with van der Waals surface area (Å²) in [5.41, 5.74) is -0.0637. The molecule has 1 atom stereocenters. The van der Waals surface area contributed by atoms with E-state index in [2.05, 4.69) is 10.00 Å². The van der Waals surface area contributed by atoms with Gasteiger partial charge in [-0.2, -0.15) is 5.10 Å². The standard InChI is InChI=1S/C16H21N5O4/c1-13(10-20-11-14(9-17-20)21(23)24)16(22)19-6-4-18(5-7-19)12-15-3-2-8-25-15/h2-3,8-9,11,13H,4-7,10,12H2,1H3. The van der Waals surface area contributed by atoms with Gasteiger partial charge in [0.25, 0.3) is 0 Å². The van der Waals surface area contributed by atoms with Gasteiger partial charge in [0.1, 0.15) is 18.2 Å². The first-order valence-corrected chi connectivity index (χ1v) is 8.23. The van der Waals surface area contributed by atoms with E-state index in [0.717, 1.165) is 25.4 Å². The number of amides is 1. The largest absolute Gasteiger partial charge is 0.468 e. The average molecular weight is 347 g/mol. The molecule has 134 valence electrons. The SMILES string of the molecule is CC(Cn1cc([N+](=O)[O-])cn1)C(=O)N1CCN(Cc2ccco2)CC1. The summed E-state index contributed by atoms with van der Waals surface area (Å²) in [6.07, 6.45) is 4.21. The quantitative estimate of drug-likeness (QED) is 0.578. The number of hydrogen-bond acceptors (Lipinski definition) is 6. The Kier molecular flexibility index (Phi) is 5.13. The summed E-state index contributed by atoms with van der Waals surface area (Å²) in [7, 11) is 0. The highest BCUT2D eigenvalue weighted by Crippen LogP contribution is 2.14. The molecule has 25 heavy (non-hydrogen) atoms. The number of furan rings is 1. The molecule has 0 radical (unpaired) electrons. The Morgan fingerprint density at radius 2 is 2.16 bits per heavy atom. The Labute approximate surface area is 145 Å². The molecule has 1 saturated heterocycles. The molecule has 0 aliphatic carbocycles. The molecule has 0 N–H and O–H groups in total. The van der Waals surface area contributed by atoms with Gasteiger partial charge in [-0.05, 0) is 12.1 Å². The monoisotopic (exact) mass is 347 g/mol. The molecular weight excluding hydrogens is 326 g/mol. The van der Waals surface area contributed by atoms with Crippen LogP contribution in [0.25, 0.3) is 0 Å². The highest BCUT2D eigenvalue weighted by atomic mass is 16.6. The van der Waals surface area contributed by atoms with Crippen LogP contribution in [0, 0.1) is 16.0 Å². The van der Waals surface area contributed by atoms with Crippen LogP contribution in [0.5, 0.6) is 0 Å². The van der Waals surface area contributed by atoms with Gasteiger partial charge in [-0.1, -0.05) is 6.92 Å². The van der Waals surface area contributed by atoms with Crippen molar-refractivity contribution >= 4 is 11.6 Å². The van der Waals surface area contributed by atoms with Gasteiger partial charge in [0.15, 0.2) is 0 Å². The molecule has 1 fully saturated rings. The van der Waals surface area contributed by atoms with E-state index in [4.69, 9.17) is 4.42 Å². The normalized spacial score (nSPS) is 16.8. The lowest BCUT2D eigenvalue weighted by Gasteiger charge is -2.35. The average Bonchev–Trinajstić information content (AvgIpc) is 3.27. The van der Waals surface area contributed by atoms with E-state index < -0.39 is 4.92 Å². The predicted molar refractivity (Wildman–Crippen MR) is 88.6 cm³/mol. The van der Waals surface area contributed by atoms with E-state index in [9.17, 15) is 14.9 Å². The lowest BCUT2D eigenvalue weighted by molar-refractivity contribution is -0.385. The molecule has 3 heterocycles. The molecular formula is C16H21N5O4. The highest BCUT2D eigenvalue weighted by Gasteiger charge is 2.26. The Bertz CT molecular complexity index is 719. The maximum Gasteiger partial charge on any atom is 0.306 e. The third-order valence-electron chi connectivity index (χ3n) is 4.36. The van der Waals surface area contributed by atoms with E-state index in [1.807, 2.05) is 24.0 Å². The molecule has 2 aromatic heterocycles. The Balaban J connectivity index is 1.48. The summed E-state index contributed by atoms with van der Waals surface area (Å²) in [6, 6.07) is 3.82. The van der Waals surface area contributed by atoms with Gasteiger partial charge < -0.3 is 9.32 Å². The molecule has 2 aromatic rings. The molecule has 1 amide bonds. The van der Waals surface area contributed by atoms with Crippen LogP contribution in [-0.2, 0) is 17.9 Å². The van der Waals surface area contributed by atoms with Crippen molar-refractivity contribution in [3.63, 3.8) is 0 Å². The van der Waals surface area contributed by atoms with Crippen molar-refractivity contribution in [2.75, 3.05) is 26.2 Å². The fourth-order valence-electron chi connectivity index (χ4n) is 2.97. The maximum atomic E-state index is 12.6. The summed E-state index contributed by atoms with van der Waals surface area (Å²) >= 11 is 0. The van der Waals surface area contributed by atoms with E-state index in [-0.39, 0.29) is 17.5 Å². The highest BCUT2D eigenvalue weighted by molar-refractivity contribution is 5.78. The number of carbonyl (C=O) groups excluding carboxylic acids is 1. The molecule has 9 heteroatoms. The minimum absolute atomic E-state index is 0.0517. The van der Waals surface area contributed by atoms with E-state index in [0.29, 0.717) is 19.6 Å². The van der Waals surface area contributed by atoms with Gasteiger partial charge in [0.2, 0.25) is 5.91 Å². The van der Waals surface area contributed by atoms with Gasteiger partial charge in [-0.25, -0.2) is 0 Å². The zero-order valence-electron chi connectivity index (χ0n) is 14.1.